The van der Waals surface area contributed by atoms with Gasteiger partial charge in [-0.15, -0.1) is 0 Å². The number of carbonyl (C=O) groups is 2. The highest BCUT2D eigenvalue weighted by Gasteiger charge is 2.13. The molecule has 0 spiro atoms. The number of hydrogen-bond acceptors (Lipinski definition) is 5. The molecular weight excluding hydrogens is 382 g/mol. The molecule has 0 aliphatic heterocycles. The molecule has 2 N–H and O–H groups in total. The van der Waals surface area contributed by atoms with E-state index in [0.717, 1.165) is 28.3 Å². The molecule has 8 heteroatoms. The van der Waals surface area contributed by atoms with Crippen molar-refractivity contribution in [1.82, 2.24) is 19.9 Å². The number of carbonyl (C=O) groups excluding carboxylic acids is 2. The van der Waals surface area contributed by atoms with Crippen LogP contribution in [0, 0.1) is 20.8 Å². The van der Waals surface area contributed by atoms with Gasteiger partial charge in [0.05, 0.1) is 5.69 Å². The van der Waals surface area contributed by atoms with Gasteiger partial charge in [-0.05, 0) is 63.9 Å². The fourth-order valence-corrected chi connectivity index (χ4v) is 3.30. The van der Waals surface area contributed by atoms with E-state index in [1.165, 1.54) is 0 Å². The van der Waals surface area contributed by atoms with Crippen molar-refractivity contribution < 1.29 is 14.3 Å². The van der Waals surface area contributed by atoms with E-state index < -0.39 is 0 Å². The molecule has 0 unspecified atom stereocenters. The summed E-state index contributed by atoms with van der Waals surface area (Å²) in [4.78, 5) is 28.4. The zero-order chi connectivity index (χ0) is 21.7. The van der Waals surface area contributed by atoms with Gasteiger partial charge in [-0.3, -0.25) is 9.59 Å². The number of likely N-dealkylation sites (N-methyl/N-ethyl adjacent to an activating group) is 1. The molecule has 0 saturated carbocycles. The molecule has 8 nitrogen and oxygen atoms in total. The van der Waals surface area contributed by atoms with E-state index in [0.29, 0.717) is 30.8 Å². The summed E-state index contributed by atoms with van der Waals surface area (Å²) in [5, 5.41) is 10.0. The van der Waals surface area contributed by atoms with Gasteiger partial charge in [-0.2, -0.15) is 5.10 Å². The van der Waals surface area contributed by atoms with E-state index in [1.807, 2.05) is 38.3 Å². The number of ether oxygens (including phenoxy) is 1. The van der Waals surface area contributed by atoms with Gasteiger partial charge >= 0.3 is 0 Å². The van der Waals surface area contributed by atoms with Crippen LogP contribution in [-0.2, 0) is 16.0 Å². The Bertz CT molecular complexity index is 1060. The maximum Gasteiger partial charge on any atom is 0.257 e. The number of fused-ring (bicyclic) bond motifs is 1. The van der Waals surface area contributed by atoms with Gasteiger partial charge in [0, 0.05) is 36.1 Å². The average molecular weight is 409 g/mol. The van der Waals surface area contributed by atoms with Crippen LogP contribution in [0.15, 0.2) is 30.3 Å². The van der Waals surface area contributed by atoms with Crippen molar-refractivity contribution in [3.63, 3.8) is 0 Å². The van der Waals surface area contributed by atoms with Crippen LogP contribution >= 0.6 is 0 Å². The molecule has 2 heterocycles. The molecule has 0 aliphatic carbocycles. The van der Waals surface area contributed by atoms with Crippen molar-refractivity contribution in [2.45, 2.75) is 40.5 Å². The van der Waals surface area contributed by atoms with Crippen molar-refractivity contribution in [2.75, 3.05) is 18.5 Å². The summed E-state index contributed by atoms with van der Waals surface area (Å²) in [6.45, 7) is 8.28. The fourth-order valence-electron chi connectivity index (χ4n) is 3.30. The summed E-state index contributed by atoms with van der Waals surface area (Å²) in [7, 11) is 0. The van der Waals surface area contributed by atoms with Crippen LogP contribution in [0.3, 0.4) is 0 Å². The average Bonchev–Trinajstić information content (AvgIpc) is 3.08. The molecule has 0 aliphatic rings. The van der Waals surface area contributed by atoms with E-state index in [4.69, 9.17) is 4.74 Å². The minimum Gasteiger partial charge on any atom is -0.484 e. The van der Waals surface area contributed by atoms with E-state index >= 15 is 0 Å². The van der Waals surface area contributed by atoms with Gasteiger partial charge in [0.2, 0.25) is 5.91 Å². The number of anilines is 1. The zero-order valence-electron chi connectivity index (χ0n) is 17.8. The molecule has 158 valence electrons. The Hall–Kier alpha value is -3.42. The quantitative estimate of drug-likeness (QED) is 0.596. The largest absolute Gasteiger partial charge is 0.484 e. The number of aryl methyl sites for hydroxylation is 3. The third kappa shape index (κ3) is 5.14. The van der Waals surface area contributed by atoms with E-state index in [-0.39, 0.29) is 18.4 Å². The van der Waals surface area contributed by atoms with Crippen LogP contribution < -0.4 is 15.4 Å². The second-order valence-electron chi connectivity index (χ2n) is 7.13. The lowest BCUT2D eigenvalue weighted by molar-refractivity contribution is -0.123. The molecule has 0 bridgehead atoms. The molecule has 0 radical (unpaired) electrons. The highest BCUT2D eigenvalue weighted by molar-refractivity contribution is 5.90. The molecule has 0 fully saturated rings. The summed E-state index contributed by atoms with van der Waals surface area (Å²) < 4.78 is 7.24. The molecule has 3 aromatic rings. The molecule has 0 atom stereocenters. The molecule has 30 heavy (non-hydrogen) atoms. The Balaban J connectivity index is 1.56. The smallest absolute Gasteiger partial charge is 0.257 e. The molecule has 0 saturated heterocycles. The topological polar surface area (TPSA) is 97.6 Å². The highest BCUT2D eigenvalue weighted by Crippen LogP contribution is 2.19. The summed E-state index contributed by atoms with van der Waals surface area (Å²) >= 11 is 0. The van der Waals surface area contributed by atoms with Crippen LogP contribution in [-0.4, -0.2) is 39.6 Å². The van der Waals surface area contributed by atoms with Crippen LogP contribution in [0.2, 0.25) is 0 Å². The van der Waals surface area contributed by atoms with Crippen molar-refractivity contribution in [1.29, 1.82) is 0 Å². The van der Waals surface area contributed by atoms with Crippen molar-refractivity contribution in [3.8, 4) is 5.75 Å². The van der Waals surface area contributed by atoms with Gasteiger partial charge in [0.15, 0.2) is 12.3 Å². The first-order chi connectivity index (χ1) is 14.4. The standard InChI is InChI=1S/C22H27N5O3/c1-5-23-22(29)13-30-18-8-6-17(7-9-18)25-21(28)11-10-19-15(3)24-20-12-14(2)26-27(20)16(19)4/h6-9,12H,5,10-11,13H2,1-4H3,(H,23,29)(H,25,28). The predicted octanol–water partition coefficient (Wildman–Crippen LogP) is 2.74. The lowest BCUT2D eigenvalue weighted by Crippen LogP contribution is -2.28. The number of nitrogens with zero attached hydrogens (tertiary/aromatic N) is 3. The molecule has 2 amide bonds. The minimum absolute atomic E-state index is 0.0353. The van der Waals surface area contributed by atoms with Crippen LogP contribution in [0.1, 0.15) is 36.0 Å². The first-order valence-electron chi connectivity index (χ1n) is 9.99. The summed E-state index contributed by atoms with van der Waals surface area (Å²) in [6, 6.07) is 8.89. The van der Waals surface area contributed by atoms with Crippen LogP contribution in [0.5, 0.6) is 5.75 Å². The Kier molecular flexibility index (Phi) is 6.66. The Morgan fingerprint density at radius 1 is 1.10 bits per heavy atom. The maximum absolute atomic E-state index is 12.4. The number of nitrogens with one attached hydrogen (secondary N) is 2. The van der Waals surface area contributed by atoms with Crippen molar-refractivity contribution in [2.24, 2.45) is 0 Å². The Labute approximate surface area is 175 Å². The Morgan fingerprint density at radius 2 is 1.83 bits per heavy atom. The number of amides is 2. The lowest BCUT2D eigenvalue weighted by Gasteiger charge is -2.11. The number of benzene rings is 1. The molecule has 1 aromatic carbocycles. The van der Waals surface area contributed by atoms with E-state index in [1.54, 1.807) is 24.3 Å². The molecule has 2 aromatic heterocycles. The minimum atomic E-state index is -0.168. The highest BCUT2D eigenvalue weighted by atomic mass is 16.5. The summed E-state index contributed by atoms with van der Waals surface area (Å²) in [5.41, 5.74) is 5.38. The van der Waals surface area contributed by atoms with Crippen LogP contribution in [0.4, 0.5) is 5.69 Å². The molecule has 3 rings (SSSR count). The second-order valence-corrected chi connectivity index (χ2v) is 7.13. The van der Waals surface area contributed by atoms with E-state index in [9.17, 15) is 9.59 Å². The fraction of sp³-hybridized carbons (Fsp3) is 0.364. The van der Waals surface area contributed by atoms with Gasteiger partial charge in [-0.25, -0.2) is 9.50 Å². The van der Waals surface area contributed by atoms with Gasteiger partial charge in [-0.1, -0.05) is 0 Å². The summed E-state index contributed by atoms with van der Waals surface area (Å²) in [6.07, 6.45) is 0.920. The number of aromatic nitrogens is 3. The monoisotopic (exact) mass is 409 g/mol. The van der Waals surface area contributed by atoms with Gasteiger partial charge in [0.25, 0.3) is 5.91 Å². The lowest BCUT2D eigenvalue weighted by atomic mass is 10.1. The normalized spacial score (nSPS) is 10.8. The van der Waals surface area contributed by atoms with Crippen LogP contribution in [0.25, 0.3) is 5.65 Å². The zero-order valence-corrected chi connectivity index (χ0v) is 17.8. The number of hydrogen-bond donors (Lipinski definition) is 2. The SMILES string of the molecule is CCNC(=O)COc1ccc(NC(=O)CCc2c(C)nc3cc(C)nn3c2C)cc1. The van der Waals surface area contributed by atoms with Crippen molar-refractivity contribution in [3.05, 3.63) is 53.0 Å². The molecular formula is C22H27N5O3. The van der Waals surface area contributed by atoms with E-state index in [2.05, 4.69) is 20.7 Å². The Morgan fingerprint density at radius 3 is 2.53 bits per heavy atom. The van der Waals surface area contributed by atoms with Gasteiger partial charge < -0.3 is 15.4 Å². The second kappa shape index (κ2) is 9.39. The van der Waals surface area contributed by atoms with Crippen molar-refractivity contribution >= 4 is 23.1 Å². The number of rotatable bonds is 8. The first-order valence-corrected chi connectivity index (χ1v) is 9.99. The maximum atomic E-state index is 12.4. The summed E-state index contributed by atoms with van der Waals surface area (Å²) in [5.74, 6) is 0.319. The first kappa shape index (κ1) is 21.3. The predicted molar refractivity (Wildman–Crippen MR) is 115 cm³/mol. The van der Waals surface area contributed by atoms with Gasteiger partial charge in [0.1, 0.15) is 5.75 Å². The third-order valence-corrected chi connectivity index (χ3v) is 4.77. The third-order valence-electron chi connectivity index (χ3n) is 4.77.